The number of imidazole rings is 1. The molecule has 1 fully saturated rings. The van der Waals surface area contributed by atoms with Crippen LogP contribution in [0.4, 0.5) is 0 Å². The predicted octanol–water partition coefficient (Wildman–Crippen LogP) is 3.83. The summed E-state index contributed by atoms with van der Waals surface area (Å²) < 4.78 is 3.18. The molecule has 0 unspecified atom stereocenters. The van der Waals surface area contributed by atoms with Crippen LogP contribution in [0, 0.1) is 0 Å². The number of aromatic nitrogens is 3. The SMILES string of the molecule is CC1(n2c(CCl)nc3cc(Br)cnc32)CCC1. The summed E-state index contributed by atoms with van der Waals surface area (Å²) in [5, 5.41) is 0. The molecule has 5 heteroatoms. The summed E-state index contributed by atoms with van der Waals surface area (Å²) in [6, 6.07) is 2.00. The van der Waals surface area contributed by atoms with Crippen molar-refractivity contribution in [1.82, 2.24) is 14.5 Å². The van der Waals surface area contributed by atoms with Gasteiger partial charge in [-0.15, -0.1) is 11.6 Å². The molecular weight excluding hydrogens is 302 g/mol. The summed E-state index contributed by atoms with van der Waals surface area (Å²) in [7, 11) is 0. The largest absolute Gasteiger partial charge is 0.306 e. The maximum absolute atomic E-state index is 6.01. The van der Waals surface area contributed by atoms with Crippen LogP contribution >= 0.6 is 27.5 Å². The van der Waals surface area contributed by atoms with Crippen molar-refractivity contribution >= 4 is 38.7 Å². The second kappa shape index (κ2) is 3.95. The standard InChI is InChI=1S/C12H13BrClN3/c1-12(3-2-4-12)17-10(6-14)16-9-5-8(13)7-15-11(9)17/h5,7H,2-4,6H2,1H3. The Hall–Kier alpha value is -0.610. The Morgan fingerprint density at radius 3 is 2.88 bits per heavy atom. The van der Waals surface area contributed by atoms with Gasteiger partial charge in [-0.3, -0.25) is 0 Å². The van der Waals surface area contributed by atoms with Gasteiger partial charge in [-0.25, -0.2) is 9.97 Å². The molecule has 0 spiro atoms. The Morgan fingerprint density at radius 2 is 2.29 bits per heavy atom. The average molecular weight is 315 g/mol. The van der Waals surface area contributed by atoms with Gasteiger partial charge >= 0.3 is 0 Å². The van der Waals surface area contributed by atoms with Gasteiger partial charge in [0.15, 0.2) is 5.65 Å². The summed E-state index contributed by atoms with van der Waals surface area (Å²) in [5.41, 5.74) is 2.02. The lowest BCUT2D eigenvalue weighted by molar-refractivity contribution is 0.170. The number of hydrogen-bond acceptors (Lipinski definition) is 2. The van der Waals surface area contributed by atoms with E-state index in [0.29, 0.717) is 5.88 Å². The topological polar surface area (TPSA) is 30.7 Å². The van der Waals surface area contributed by atoms with E-state index >= 15 is 0 Å². The summed E-state index contributed by atoms with van der Waals surface area (Å²) in [5.74, 6) is 1.36. The molecule has 0 atom stereocenters. The van der Waals surface area contributed by atoms with Crippen LogP contribution in [-0.4, -0.2) is 14.5 Å². The lowest BCUT2D eigenvalue weighted by Gasteiger charge is -2.40. The van der Waals surface area contributed by atoms with Gasteiger partial charge in [0.25, 0.3) is 0 Å². The molecule has 2 heterocycles. The van der Waals surface area contributed by atoms with Crippen LogP contribution in [0.5, 0.6) is 0 Å². The zero-order valence-corrected chi connectivity index (χ0v) is 11.9. The first-order valence-electron chi connectivity index (χ1n) is 5.73. The van der Waals surface area contributed by atoms with Gasteiger partial charge < -0.3 is 4.57 Å². The first-order valence-corrected chi connectivity index (χ1v) is 7.06. The molecule has 0 radical (unpaired) electrons. The highest BCUT2D eigenvalue weighted by Gasteiger charge is 2.36. The van der Waals surface area contributed by atoms with Crippen LogP contribution in [0.2, 0.25) is 0 Å². The quantitative estimate of drug-likeness (QED) is 0.789. The number of pyridine rings is 1. The molecule has 0 N–H and O–H groups in total. The number of halogens is 2. The van der Waals surface area contributed by atoms with E-state index in [1.54, 1.807) is 0 Å². The van der Waals surface area contributed by atoms with Crippen LogP contribution in [0.15, 0.2) is 16.7 Å². The minimum atomic E-state index is 0.153. The molecule has 1 aliphatic rings. The number of hydrogen-bond donors (Lipinski definition) is 0. The Morgan fingerprint density at radius 1 is 1.53 bits per heavy atom. The smallest absolute Gasteiger partial charge is 0.160 e. The fraction of sp³-hybridized carbons (Fsp3) is 0.500. The third-order valence-electron chi connectivity index (χ3n) is 3.62. The average Bonchev–Trinajstić information content (AvgIpc) is 2.63. The Bertz CT molecular complexity index is 574. The second-order valence-corrected chi connectivity index (χ2v) is 6.03. The third-order valence-corrected chi connectivity index (χ3v) is 4.30. The zero-order chi connectivity index (χ0) is 12.0. The number of rotatable bonds is 2. The molecule has 90 valence electrons. The van der Waals surface area contributed by atoms with Crippen molar-refractivity contribution in [2.45, 2.75) is 37.6 Å². The first kappa shape index (κ1) is 11.5. The molecule has 0 aromatic carbocycles. The maximum atomic E-state index is 6.01. The van der Waals surface area contributed by atoms with Crippen LogP contribution in [0.3, 0.4) is 0 Å². The van der Waals surface area contributed by atoms with Crippen LogP contribution in [-0.2, 0) is 11.4 Å². The molecular formula is C12H13BrClN3. The molecule has 0 bridgehead atoms. The molecule has 0 saturated heterocycles. The summed E-state index contributed by atoms with van der Waals surface area (Å²) in [4.78, 5) is 9.07. The molecule has 17 heavy (non-hydrogen) atoms. The Labute approximate surface area is 113 Å². The Kier molecular flexibility index (Phi) is 2.67. The zero-order valence-electron chi connectivity index (χ0n) is 9.58. The number of alkyl halides is 1. The Balaban J connectivity index is 2.27. The van der Waals surface area contributed by atoms with E-state index in [1.165, 1.54) is 19.3 Å². The summed E-state index contributed by atoms with van der Waals surface area (Å²) in [6.45, 7) is 2.26. The molecule has 1 saturated carbocycles. The van der Waals surface area contributed by atoms with Gasteiger partial charge in [-0.1, -0.05) is 0 Å². The van der Waals surface area contributed by atoms with E-state index in [-0.39, 0.29) is 5.54 Å². The molecule has 0 amide bonds. The predicted molar refractivity (Wildman–Crippen MR) is 72.3 cm³/mol. The highest BCUT2D eigenvalue weighted by molar-refractivity contribution is 9.10. The minimum Gasteiger partial charge on any atom is -0.306 e. The number of fused-ring (bicyclic) bond motifs is 1. The molecule has 2 aromatic heterocycles. The maximum Gasteiger partial charge on any atom is 0.160 e. The molecule has 0 aliphatic heterocycles. The molecule has 1 aliphatic carbocycles. The van der Waals surface area contributed by atoms with Gasteiger partial charge in [0.1, 0.15) is 11.3 Å². The van der Waals surface area contributed by atoms with Gasteiger partial charge in [-0.05, 0) is 48.2 Å². The summed E-state index contributed by atoms with van der Waals surface area (Å²) in [6.07, 6.45) is 5.45. The molecule has 3 nitrogen and oxygen atoms in total. The van der Waals surface area contributed by atoms with Crippen molar-refractivity contribution in [3.05, 3.63) is 22.6 Å². The normalized spacial score (nSPS) is 18.3. The van der Waals surface area contributed by atoms with Gasteiger partial charge in [-0.2, -0.15) is 0 Å². The third kappa shape index (κ3) is 1.69. The van der Waals surface area contributed by atoms with Crippen molar-refractivity contribution < 1.29 is 0 Å². The van der Waals surface area contributed by atoms with E-state index in [1.807, 2.05) is 12.3 Å². The van der Waals surface area contributed by atoms with Crippen molar-refractivity contribution in [1.29, 1.82) is 0 Å². The van der Waals surface area contributed by atoms with Crippen LogP contribution in [0.1, 0.15) is 32.0 Å². The highest BCUT2D eigenvalue weighted by Crippen LogP contribution is 2.41. The highest BCUT2D eigenvalue weighted by atomic mass is 79.9. The van der Waals surface area contributed by atoms with E-state index in [0.717, 1.165) is 21.5 Å². The van der Waals surface area contributed by atoms with Gasteiger partial charge in [0, 0.05) is 16.2 Å². The van der Waals surface area contributed by atoms with Crippen molar-refractivity contribution in [2.75, 3.05) is 0 Å². The van der Waals surface area contributed by atoms with Crippen LogP contribution < -0.4 is 0 Å². The van der Waals surface area contributed by atoms with E-state index < -0.39 is 0 Å². The summed E-state index contributed by atoms with van der Waals surface area (Å²) >= 11 is 9.43. The monoisotopic (exact) mass is 313 g/mol. The van der Waals surface area contributed by atoms with Crippen LogP contribution in [0.25, 0.3) is 11.2 Å². The fourth-order valence-electron chi connectivity index (χ4n) is 2.56. The second-order valence-electron chi connectivity index (χ2n) is 4.84. The molecule has 2 aromatic rings. The first-order chi connectivity index (χ1) is 8.14. The lowest BCUT2D eigenvalue weighted by atomic mass is 9.78. The van der Waals surface area contributed by atoms with E-state index in [4.69, 9.17) is 11.6 Å². The lowest BCUT2D eigenvalue weighted by Crippen LogP contribution is -2.38. The van der Waals surface area contributed by atoms with Crippen molar-refractivity contribution in [2.24, 2.45) is 0 Å². The van der Waals surface area contributed by atoms with E-state index in [9.17, 15) is 0 Å². The number of nitrogens with zero attached hydrogens (tertiary/aromatic N) is 3. The van der Waals surface area contributed by atoms with E-state index in [2.05, 4.69) is 37.4 Å². The minimum absolute atomic E-state index is 0.153. The fourth-order valence-corrected chi connectivity index (χ4v) is 3.05. The van der Waals surface area contributed by atoms with Crippen molar-refractivity contribution in [3.63, 3.8) is 0 Å². The van der Waals surface area contributed by atoms with Gasteiger partial charge in [0.05, 0.1) is 5.88 Å². The molecule has 3 rings (SSSR count). The van der Waals surface area contributed by atoms with Gasteiger partial charge in [0.2, 0.25) is 0 Å². The van der Waals surface area contributed by atoms with Crippen molar-refractivity contribution in [3.8, 4) is 0 Å².